The molecule has 4 aromatic rings. The van der Waals surface area contributed by atoms with Crippen molar-refractivity contribution >= 4 is 23.0 Å². The number of carbonyl (C=O) groups excluding carboxylic acids is 1. The number of benzene rings is 2. The number of aliphatic hydroxyl groups excluding tert-OH is 1. The summed E-state index contributed by atoms with van der Waals surface area (Å²) in [6, 6.07) is 15.0. The number of aromatic amines is 1. The third kappa shape index (κ3) is 4.20. The summed E-state index contributed by atoms with van der Waals surface area (Å²) in [7, 11) is 0. The van der Waals surface area contributed by atoms with Crippen molar-refractivity contribution in [2.45, 2.75) is 44.9 Å². The molecule has 8 nitrogen and oxygen atoms in total. The molecule has 194 valence electrons. The van der Waals surface area contributed by atoms with Crippen molar-refractivity contribution in [3.63, 3.8) is 0 Å². The normalized spacial score (nSPS) is 18.0. The van der Waals surface area contributed by atoms with E-state index in [1.54, 1.807) is 29.2 Å². The molecule has 4 heterocycles. The highest BCUT2D eigenvalue weighted by Crippen LogP contribution is 2.40. The second-order valence-electron chi connectivity index (χ2n) is 10.3. The van der Waals surface area contributed by atoms with Crippen molar-refractivity contribution < 1.29 is 19.8 Å². The highest BCUT2D eigenvalue weighted by molar-refractivity contribution is 5.85. The number of pyridine rings is 1. The van der Waals surface area contributed by atoms with E-state index in [0.29, 0.717) is 31.6 Å². The number of aryl methyl sites for hydroxylation is 1. The summed E-state index contributed by atoms with van der Waals surface area (Å²) in [5, 5.41) is 21.8. The van der Waals surface area contributed by atoms with Gasteiger partial charge < -0.3 is 25.0 Å². The number of hydrogen-bond donors (Lipinski definition) is 3. The van der Waals surface area contributed by atoms with Gasteiger partial charge in [0.2, 0.25) is 0 Å². The minimum atomic E-state index is -1.23. The van der Waals surface area contributed by atoms with Gasteiger partial charge in [-0.1, -0.05) is 36.4 Å². The van der Waals surface area contributed by atoms with Crippen LogP contribution >= 0.6 is 0 Å². The van der Waals surface area contributed by atoms with Gasteiger partial charge in [0.15, 0.2) is 6.10 Å². The molecule has 0 unspecified atom stereocenters. The Kier molecular flexibility index (Phi) is 6.12. The van der Waals surface area contributed by atoms with E-state index in [0.717, 1.165) is 57.3 Å². The van der Waals surface area contributed by atoms with Crippen LogP contribution < -0.4 is 0 Å². The first-order chi connectivity index (χ1) is 18.4. The lowest BCUT2D eigenvalue weighted by molar-refractivity contribution is -0.141. The summed E-state index contributed by atoms with van der Waals surface area (Å²) in [6.45, 7) is 3.36. The van der Waals surface area contributed by atoms with Gasteiger partial charge >= 0.3 is 6.09 Å². The van der Waals surface area contributed by atoms with Crippen molar-refractivity contribution in [3.05, 3.63) is 88.7 Å². The van der Waals surface area contributed by atoms with Crippen molar-refractivity contribution in [1.82, 2.24) is 19.8 Å². The number of hydrogen-bond acceptors (Lipinski definition) is 4. The molecule has 2 aliphatic heterocycles. The highest BCUT2D eigenvalue weighted by atomic mass is 16.4. The molecule has 0 aliphatic carbocycles. The summed E-state index contributed by atoms with van der Waals surface area (Å²) in [6.07, 6.45) is 3.78. The Hall–Kier alpha value is -4.17. The smallest absolute Gasteiger partial charge is 0.407 e. The molecule has 2 aromatic carbocycles. The topological polar surface area (TPSA) is 110 Å². The predicted molar refractivity (Wildman–Crippen MR) is 143 cm³/mol. The quantitative estimate of drug-likeness (QED) is 0.359. The van der Waals surface area contributed by atoms with Crippen molar-refractivity contribution in [1.29, 1.82) is 0 Å². The largest absolute Gasteiger partial charge is 0.465 e. The van der Waals surface area contributed by atoms with Crippen LogP contribution in [0, 0.1) is 6.92 Å². The molecule has 2 aliphatic rings. The van der Waals surface area contributed by atoms with Gasteiger partial charge in [-0.15, -0.1) is 0 Å². The third-order valence-electron chi connectivity index (χ3n) is 7.97. The Morgan fingerprint density at radius 1 is 1.11 bits per heavy atom. The van der Waals surface area contributed by atoms with Crippen molar-refractivity contribution in [2.75, 3.05) is 13.1 Å². The molecule has 2 amide bonds. The molecule has 3 N–H and O–H groups in total. The molecule has 6 rings (SSSR count). The Labute approximate surface area is 220 Å². The summed E-state index contributed by atoms with van der Waals surface area (Å²) in [5.74, 6) is -0.337. The number of carbonyl (C=O) groups is 2. The molecule has 2 aromatic heterocycles. The Morgan fingerprint density at radius 2 is 1.92 bits per heavy atom. The van der Waals surface area contributed by atoms with Gasteiger partial charge in [0, 0.05) is 43.0 Å². The number of fused-ring (bicyclic) bond motifs is 2. The number of carboxylic acid groups (broad SMARTS) is 1. The molecular weight excluding hydrogens is 480 g/mol. The van der Waals surface area contributed by atoms with Crippen LogP contribution in [0.15, 0.2) is 60.9 Å². The van der Waals surface area contributed by atoms with Crippen LogP contribution in [0.5, 0.6) is 0 Å². The number of nitrogens with one attached hydrogen (secondary N) is 1. The Morgan fingerprint density at radius 3 is 2.71 bits per heavy atom. The molecule has 1 fully saturated rings. The second-order valence-corrected chi connectivity index (χ2v) is 10.3. The minimum Gasteiger partial charge on any atom is -0.465 e. The number of rotatable bonds is 4. The SMILES string of the molecule is Cc1c[nH]c2ncc(-c3cc4c(c([C@@H]5CCCN5C(=O)O)c3)CN(C(=O)[C@@H](O)c3ccccc3)CC4)cc12. The maximum absolute atomic E-state index is 13.3. The number of H-pyrrole nitrogens is 1. The van der Waals surface area contributed by atoms with Gasteiger partial charge in [0.1, 0.15) is 5.65 Å². The van der Waals surface area contributed by atoms with Crippen molar-refractivity contribution in [3.8, 4) is 11.1 Å². The number of aromatic nitrogens is 2. The van der Waals surface area contributed by atoms with Crippen LogP contribution in [0.4, 0.5) is 4.79 Å². The van der Waals surface area contributed by atoms with E-state index < -0.39 is 12.2 Å². The minimum absolute atomic E-state index is 0.277. The standard InChI is InChI=1S/C30H30N4O4/c1-18-15-31-28-23(18)14-22(16-32-28)21-12-20-9-11-33(29(36)27(35)19-6-3-2-4-7-19)17-25(20)24(13-21)26-8-5-10-34(26)30(37)38/h2-4,6-7,12-16,26-27,35H,5,8-11,17H2,1H3,(H,31,32)(H,37,38)/t26-,27-/m0/s1. The van der Waals surface area contributed by atoms with E-state index in [4.69, 9.17) is 0 Å². The molecule has 8 heteroatoms. The molecular formula is C30H30N4O4. The van der Waals surface area contributed by atoms with Gasteiger partial charge in [0.05, 0.1) is 6.04 Å². The molecule has 0 bridgehead atoms. The lowest BCUT2D eigenvalue weighted by Crippen LogP contribution is -2.40. The number of likely N-dealkylation sites (tertiary alicyclic amines) is 1. The first kappa shape index (κ1) is 24.2. The summed E-state index contributed by atoms with van der Waals surface area (Å²) in [4.78, 5) is 36.4. The van der Waals surface area contributed by atoms with E-state index >= 15 is 0 Å². The van der Waals surface area contributed by atoms with Gasteiger partial charge in [0.25, 0.3) is 5.91 Å². The van der Waals surface area contributed by atoms with E-state index in [-0.39, 0.29) is 11.9 Å². The number of nitrogens with zero attached hydrogens (tertiary/aromatic N) is 3. The zero-order valence-electron chi connectivity index (χ0n) is 21.2. The molecule has 2 atom stereocenters. The van der Waals surface area contributed by atoms with Crippen LogP contribution in [0.2, 0.25) is 0 Å². The maximum atomic E-state index is 13.3. The van der Waals surface area contributed by atoms with Gasteiger partial charge in [-0.3, -0.25) is 4.79 Å². The van der Waals surface area contributed by atoms with E-state index in [2.05, 4.69) is 28.2 Å². The molecule has 0 radical (unpaired) electrons. The Balaban J connectivity index is 1.41. The zero-order valence-corrected chi connectivity index (χ0v) is 21.2. The molecule has 0 saturated carbocycles. The molecule has 1 saturated heterocycles. The third-order valence-corrected chi connectivity index (χ3v) is 7.97. The fraction of sp³-hybridized carbons (Fsp3) is 0.300. The predicted octanol–water partition coefficient (Wildman–Crippen LogP) is 4.97. The first-order valence-corrected chi connectivity index (χ1v) is 13.0. The van der Waals surface area contributed by atoms with Crippen molar-refractivity contribution in [2.24, 2.45) is 0 Å². The fourth-order valence-electron chi connectivity index (χ4n) is 5.91. The lowest BCUT2D eigenvalue weighted by atomic mass is 9.86. The van der Waals surface area contributed by atoms with Crippen LogP contribution in [0.3, 0.4) is 0 Å². The lowest BCUT2D eigenvalue weighted by Gasteiger charge is -2.34. The van der Waals surface area contributed by atoms with Gasteiger partial charge in [-0.25, -0.2) is 9.78 Å². The second kappa shape index (κ2) is 9.61. The summed E-state index contributed by atoms with van der Waals surface area (Å²) in [5.41, 5.74) is 7.52. The van der Waals surface area contributed by atoms with Crippen LogP contribution in [0.1, 0.15) is 52.8 Å². The Bertz CT molecular complexity index is 1530. The molecule has 0 spiro atoms. The number of aliphatic hydroxyl groups is 1. The van der Waals surface area contributed by atoms with E-state index in [1.165, 1.54) is 4.90 Å². The molecule has 38 heavy (non-hydrogen) atoms. The summed E-state index contributed by atoms with van der Waals surface area (Å²) >= 11 is 0. The first-order valence-electron chi connectivity index (χ1n) is 13.0. The maximum Gasteiger partial charge on any atom is 0.407 e. The van der Waals surface area contributed by atoms with Crippen LogP contribution in [-0.4, -0.2) is 55.1 Å². The highest BCUT2D eigenvalue weighted by Gasteiger charge is 2.35. The average molecular weight is 511 g/mol. The average Bonchev–Trinajstić information content (AvgIpc) is 3.59. The monoisotopic (exact) mass is 510 g/mol. The fourth-order valence-corrected chi connectivity index (χ4v) is 5.91. The van der Waals surface area contributed by atoms with Gasteiger partial charge in [-0.2, -0.15) is 0 Å². The van der Waals surface area contributed by atoms with Gasteiger partial charge in [-0.05, 0) is 71.7 Å². The van der Waals surface area contributed by atoms with E-state index in [1.807, 2.05) is 25.4 Å². The van der Waals surface area contributed by atoms with Crippen LogP contribution in [-0.2, 0) is 17.8 Å². The van der Waals surface area contributed by atoms with Crippen LogP contribution in [0.25, 0.3) is 22.2 Å². The number of amides is 2. The zero-order chi connectivity index (χ0) is 26.4. The summed E-state index contributed by atoms with van der Waals surface area (Å²) < 4.78 is 0. The van der Waals surface area contributed by atoms with E-state index in [9.17, 15) is 19.8 Å².